The van der Waals surface area contributed by atoms with E-state index in [1.54, 1.807) is 30.3 Å². The number of fused-ring (bicyclic) bond motifs is 1. The van der Waals surface area contributed by atoms with Crippen LogP contribution in [-0.4, -0.2) is 31.6 Å². The minimum Gasteiger partial charge on any atom is -0.489 e. The molecule has 1 aliphatic rings. The number of benzene rings is 2. The minimum absolute atomic E-state index is 0.222. The molecule has 1 aliphatic heterocycles. The van der Waals surface area contributed by atoms with Crippen molar-refractivity contribution in [3.63, 3.8) is 0 Å². The zero-order valence-corrected chi connectivity index (χ0v) is 15.3. The number of hydrogen-bond donors (Lipinski definition) is 2. The van der Waals surface area contributed by atoms with E-state index in [0.29, 0.717) is 29.7 Å². The summed E-state index contributed by atoms with van der Waals surface area (Å²) in [5.41, 5.74) is 6.28. The smallest absolute Gasteiger partial charge is 0.258 e. The molecule has 0 radical (unpaired) electrons. The summed E-state index contributed by atoms with van der Waals surface area (Å²) in [6.07, 6.45) is 0.779. The third kappa shape index (κ3) is 4.83. The van der Waals surface area contributed by atoms with Crippen molar-refractivity contribution >= 4 is 23.4 Å². The lowest BCUT2D eigenvalue weighted by molar-refractivity contribution is -0.123. The number of amides is 2. The number of carbonyl (C=O) groups excluding carboxylic acids is 2. The summed E-state index contributed by atoms with van der Waals surface area (Å²) in [5.74, 6) is 0.385. The summed E-state index contributed by atoms with van der Waals surface area (Å²) in [6, 6.07) is 9.99. The number of ether oxygens (including phenoxy) is 3. The first kappa shape index (κ1) is 18.8. The molecule has 3 N–H and O–H groups in total. The Morgan fingerprint density at radius 3 is 2.78 bits per heavy atom. The van der Waals surface area contributed by atoms with Gasteiger partial charge in [-0.3, -0.25) is 9.59 Å². The molecule has 2 aromatic carbocycles. The number of para-hydroxylation sites is 1. The van der Waals surface area contributed by atoms with Crippen molar-refractivity contribution in [3.8, 4) is 17.2 Å². The number of nitrogens with two attached hydrogens (primary N) is 1. The second-order valence-corrected chi connectivity index (χ2v) is 6.29. The normalized spacial score (nSPS) is 12.8. The molecule has 0 bridgehead atoms. The number of hydrogen-bond acceptors (Lipinski definition) is 5. The minimum atomic E-state index is -0.618. The first-order valence-corrected chi connectivity index (χ1v) is 8.78. The molecule has 3 rings (SSSR count). The van der Waals surface area contributed by atoms with Gasteiger partial charge in [0.25, 0.3) is 11.8 Å². The number of nitrogens with one attached hydrogen (secondary N) is 1. The van der Waals surface area contributed by atoms with Crippen LogP contribution in [0.15, 0.2) is 36.4 Å². The molecule has 0 unspecified atom stereocenters. The van der Waals surface area contributed by atoms with Gasteiger partial charge in [0.1, 0.15) is 5.75 Å². The van der Waals surface area contributed by atoms with Crippen molar-refractivity contribution in [2.24, 2.45) is 5.73 Å². The highest BCUT2D eigenvalue weighted by molar-refractivity contribution is 6.32. The highest BCUT2D eigenvalue weighted by atomic mass is 35.5. The Labute approximate surface area is 161 Å². The summed E-state index contributed by atoms with van der Waals surface area (Å²) < 4.78 is 16.6. The maximum absolute atomic E-state index is 12.1. The average Bonchev–Trinajstić information content (AvgIpc) is 2.90. The molecule has 2 aromatic rings. The summed E-state index contributed by atoms with van der Waals surface area (Å²) >= 11 is 6.24. The van der Waals surface area contributed by atoms with Crippen LogP contribution in [0.2, 0.25) is 5.02 Å². The summed E-state index contributed by atoms with van der Waals surface area (Å²) in [6.45, 7) is 1.10. The largest absolute Gasteiger partial charge is 0.489 e. The molecule has 142 valence electrons. The Balaban J connectivity index is 1.58. The van der Waals surface area contributed by atoms with E-state index in [-0.39, 0.29) is 30.4 Å². The van der Waals surface area contributed by atoms with Crippen molar-refractivity contribution in [3.05, 3.63) is 52.5 Å². The molecule has 0 spiro atoms. The Morgan fingerprint density at radius 2 is 1.96 bits per heavy atom. The molecular weight excluding hydrogens is 372 g/mol. The maximum atomic E-state index is 12.1. The van der Waals surface area contributed by atoms with Crippen molar-refractivity contribution in [1.29, 1.82) is 0 Å². The van der Waals surface area contributed by atoms with E-state index in [0.717, 1.165) is 12.0 Å². The Bertz CT molecular complexity index is 856. The number of halogens is 1. The molecule has 0 fully saturated rings. The van der Waals surface area contributed by atoms with E-state index in [1.807, 2.05) is 0 Å². The number of carbonyl (C=O) groups is 2. The van der Waals surface area contributed by atoms with Crippen molar-refractivity contribution < 1.29 is 23.8 Å². The Morgan fingerprint density at radius 1 is 1.19 bits per heavy atom. The lowest BCUT2D eigenvalue weighted by Gasteiger charge is -2.13. The highest BCUT2D eigenvalue weighted by Crippen LogP contribution is 2.37. The van der Waals surface area contributed by atoms with Crippen LogP contribution in [0.25, 0.3) is 0 Å². The molecule has 0 atom stereocenters. The van der Waals surface area contributed by atoms with E-state index in [1.165, 1.54) is 6.07 Å². The zero-order chi connectivity index (χ0) is 19.2. The second-order valence-electron chi connectivity index (χ2n) is 5.88. The Hall–Kier alpha value is -2.93. The van der Waals surface area contributed by atoms with Crippen LogP contribution >= 0.6 is 11.6 Å². The van der Waals surface area contributed by atoms with Crippen LogP contribution in [0.5, 0.6) is 17.2 Å². The van der Waals surface area contributed by atoms with Gasteiger partial charge in [0.2, 0.25) is 0 Å². The zero-order valence-electron chi connectivity index (χ0n) is 14.5. The lowest BCUT2D eigenvalue weighted by Crippen LogP contribution is -2.28. The van der Waals surface area contributed by atoms with Gasteiger partial charge in [0.15, 0.2) is 18.1 Å². The van der Waals surface area contributed by atoms with E-state index >= 15 is 0 Å². The van der Waals surface area contributed by atoms with Gasteiger partial charge in [0.05, 0.1) is 23.8 Å². The summed E-state index contributed by atoms with van der Waals surface area (Å²) in [7, 11) is 0. The van der Waals surface area contributed by atoms with Gasteiger partial charge < -0.3 is 25.3 Å². The van der Waals surface area contributed by atoms with Crippen LogP contribution < -0.4 is 25.3 Å². The SMILES string of the molecule is NC(=O)c1ccccc1OCC(=O)NCc1cc(Cl)c2c(c1)OCCCO2. The molecule has 0 saturated heterocycles. The van der Waals surface area contributed by atoms with Gasteiger partial charge in [-0.05, 0) is 29.8 Å². The van der Waals surface area contributed by atoms with Crippen LogP contribution in [-0.2, 0) is 11.3 Å². The van der Waals surface area contributed by atoms with Crippen molar-refractivity contribution in [1.82, 2.24) is 5.32 Å². The summed E-state index contributed by atoms with van der Waals surface area (Å²) in [4.78, 5) is 23.4. The van der Waals surface area contributed by atoms with Crippen LogP contribution in [0, 0.1) is 0 Å². The number of rotatable bonds is 6. The number of primary amides is 1. The van der Waals surface area contributed by atoms with E-state index in [4.69, 9.17) is 31.5 Å². The molecule has 0 aliphatic carbocycles. The van der Waals surface area contributed by atoms with Gasteiger partial charge in [-0.25, -0.2) is 0 Å². The van der Waals surface area contributed by atoms with Gasteiger partial charge in [0, 0.05) is 13.0 Å². The van der Waals surface area contributed by atoms with Gasteiger partial charge >= 0.3 is 0 Å². The van der Waals surface area contributed by atoms with Gasteiger partial charge in [-0.1, -0.05) is 23.7 Å². The van der Waals surface area contributed by atoms with E-state index in [2.05, 4.69) is 5.32 Å². The van der Waals surface area contributed by atoms with Gasteiger partial charge in [-0.15, -0.1) is 0 Å². The fraction of sp³-hybridized carbons (Fsp3) is 0.263. The molecular formula is C19H19ClN2O5. The molecule has 2 amide bonds. The maximum Gasteiger partial charge on any atom is 0.258 e. The summed E-state index contributed by atoms with van der Waals surface area (Å²) in [5, 5.41) is 3.17. The second kappa shape index (κ2) is 8.64. The topological polar surface area (TPSA) is 99.9 Å². The first-order valence-electron chi connectivity index (χ1n) is 8.41. The fourth-order valence-corrected chi connectivity index (χ4v) is 2.87. The highest BCUT2D eigenvalue weighted by Gasteiger charge is 2.16. The third-order valence-electron chi connectivity index (χ3n) is 3.86. The molecule has 27 heavy (non-hydrogen) atoms. The molecule has 0 saturated carbocycles. The monoisotopic (exact) mass is 390 g/mol. The van der Waals surface area contributed by atoms with E-state index in [9.17, 15) is 9.59 Å². The fourth-order valence-electron chi connectivity index (χ4n) is 2.58. The predicted molar refractivity (Wildman–Crippen MR) is 99.4 cm³/mol. The molecule has 8 heteroatoms. The standard InChI is InChI=1S/C19H19ClN2O5/c20-14-8-12(9-16-18(14)26-7-3-6-25-16)10-22-17(23)11-27-15-5-2-1-4-13(15)19(21)24/h1-2,4-5,8-9H,3,6-7,10-11H2,(H2,21,24)(H,22,23). The van der Waals surface area contributed by atoms with Crippen LogP contribution in [0.3, 0.4) is 0 Å². The quantitative estimate of drug-likeness (QED) is 0.788. The molecule has 7 nitrogen and oxygen atoms in total. The third-order valence-corrected chi connectivity index (χ3v) is 4.14. The predicted octanol–water partition coefficient (Wildman–Crippen LogP) is 2.30. The van der Waals surface area contributed by atoms with Gasteiger partial charge in [-0.2, -0.15) is 0 Å². The van der Waals surface area contributed by atoms with Crippen molar-refractivity contribution in [2.45, 2.75) is 13.0 Å². The Kier molecular flexibility index (Phi) is 6.03. The average molecular weight is 391 g/mol. The lowest BCUT2D eigenvalue weighted by atomic mass is 10.2. The molecule has 1 heterocycles. The first-order chi connectivity index (χ1) is 13.0. The van der Waals surface area contributed by atoms with Crippen LogP contribution in [0.1, 0.15) is 22.3 Å². The molecule has 0 aromatic heterocycles. The van der Waals surface area contributed by atoms with Crippen molar-refractivity contribution in [2.75, 3.05) is 19.8 Å². The van der Waals surface area contributed by atoms with E-state index < -0.39 is 5.91 Å². The van der Waals surface area contributed by atoms with Crippen LogP contribution in [0.4, 0.5) is 0 Å².